The molecule has 2 aromatic rings. The molecule has 5 nitrogen and oxygen atoms in total. The first-order chi connectivity index (χ1) is 6.29. The van der Waals surface area contributed by atoms with E-state index in [1.807, 2.05) is 12.1 Å². The van der Waals surface area contributed by atoms with Gasteiger partial charge < -0.3 is 5.11 Å². The van der Waals surface area contributed by atoms with Crippen LogP contribution in [-0.2, 0) is 13.7 Å². The van der Waals surface area contributed by atoms with Gasteiger partial charge in [0.25, 0.3) is 0 Å². The quantitative estimate of drug-likeness (QED) is 0.756. The summed E-state index contributed by atoms with van der Waals surface area (Å²) in [5.74, 6) is 0.604. The highest BCUT2D eigenvalue weighted by Crippen LogP contribution is 2.24. The van der Waals surface area contributed by atoms with Crippen LogP contribution < -0.4 is 0 Å². The standard InChI is InChI=1S/C7H8N4OS/c1-11-9-7(8-10-11)6-3-2-5(4-12)13-6/h2-3,12H,4H2,1H3. The highest BCUT2D eigenvalue weighted by atomic mass is 32.1. The van der Waals surface area contributed by atoms with Gasteiger partial charge in [0, 0.05) is 4.88 Å². The van der Waals surface area contributed by atoms with E-state index in [9.17, 15) is 0 Å². The van der Waals surface area contributed by atoms with E-state index in [-0.39, 0.29) is 6.61 Å². The van der Waals surface area contributed by atoms with Gasteiger partial charge in [0.1, 0.15) is 0 Å². The molecule has 13 heavy (non-hydrogen) atoms. The molecule has 2 rings (SSSR count). The topological polar surface area (TPSA) is 63.8 Å². The molecule has 0 fully saturated rings. The van der Waals surface area contributed by atoms with Gasteiger partial charge in [-0.3, -0.25) is 0 Å². The van der Waals surface area contributed by atoms with E-state index in [0.29, 0.717) is 5.82 Å². The van der Waals surface area contributed by atoms with Crippen LogP contribution in [0.1, 0.15) is 4.88 Å². The second-order valence-electron chi connectivity index (χ2n) is 2.53. The zero-order valence-corrected chi connectivity index (χ0v) is 7.82. The molecular formula is C7H8N4OS. The predicted octanol–water partition coefficient (Wildman–Crippen LogP) is 0.431. The smallest absolute Gasteiger partial charge is 0.214 e. The normalized spacial score (nSPS) is 10.6. The van der Waals surface area contributed by atoms with Crippen molar-refractivity contribution >= 4 is 11.3 Å². The van der Waals surface area contributed by atoms with Crippen LogP contribution in [0.2, 0.25) is 0 Å². The first kappa shape index (κ1) is 8.33. The average molecular weight is 196 g/mol. The van der Waals surface area contributed by atoms with Crippen molar-refractivity contribution < 1.29 is 5.11 Å². The molecule has 2 heterocycles. The zero-order valence-electron chi connectivity index (χ0n) is 7.01. The maximum absolute atomic E-state index is 8.85. The third kappa shape index (κ3) is 1.58. The molecular weight excluding hydrogens is 188 g/mol. The number of aryl methyl sites for hydroxylation is 1. The third-order valence-electron chi connectivity index (χ3n) is 1.55. The molecule has 0 amide bonds. The number of hydrogen-bond donors (Lipinski definition) is 1. The van der Waals surface area contributed by atoms with Gasteiger partial charge in [-0.05, 0) is 17.3 Å². The molecule has 0 aliphatic carbocycles. The Morgan fingerprint density at radius 1 is 1.54 bits per heavy atom. The summed E-state index contributed by atoms with van der Waals surface area (Å²) in [6.45, 7) is 0.0604. The Morgan fingerprint density at radius 3 is 2.92 bits per heavy atom. The van der Waals surface area contributed by atoms with Crippen molar-refractivity contribution in [3.05, 3.63) is 17.0 Å². The highest BCUT2D eigenvalue weighted by Gasteiger charge is 2.06. The first-order valence-corrected chi connectivity index (χ1v) is 4.55. The fraction of sp³-hybridized carbons (Fsp3) is 0.286. The maximum atomic E-state index is 8.85. The maximum Gasteiger partial charge on any atom is 0.214 e. The molecule has 0 unspecified atom stereocenters. The van der Waals surface area contributed by atoms with Gasteiger partial charge in [-0.2, -0.15) is 4.80 Å². The lowest BCUT2D eigenvalue weighted by atomic mass is 10.4. The largest absolute Gasteiger partial charge is 0.391 e. The summed E-state index contributed by atoms with van der Waals surface area (Å²) in [5, 5.41) is 20.5. The van der Waals surface area contributed by atoms with Crippen molar-refractivity contribution in [2.45, 2.75) is 6.61 Å². The Bertz CT molecular complexity index is 408. The van der Waals surface area contributed by atoms with Crippen molar-refractivity contribution in [2.24, 2.45) is 7.05 Å². The number of aliphatic hydroxyl groups is 1. The lowest BCUT2D eigenvalue weighted by Gasteiger charge is -1.85. The molecule has 0 saturated carbocycles. The number of aliphatic hydroxyl groups excluding tert-OH is 1. The fourth-order valence-electron chi connectivity index (χ4n) is 0.966. The Labute approximate surface area is 78.6 Å². The summed E-state index contributed by atoms with van der Waals surface area (Å²) in [6.07, 6.45) is 0. The summed E-state index contributed by atoms with van der Waals surface area (Å²) in [5.41, 5.74) is 0. The molecule has 0 aromatic carbocycles. The second-order valence-corrected chi connectivity index (χ2v) is 3.69. The monoisotopic (exact) mass is 196 g/mol. The summed E-state index contributed by atoms with van der Waals surface area (Å²) in [6, 6.07) is 3.74. The summed E-state index contributed by atoms with van der Waals surface area (Å²) >= 11 is 1.47. The molecule has 0 atom stereocenters. The Balaban J connectivity index is 2.35. The minimum Gasteiger partial charge on any atom is -0.391 e. The number of thiophene rings is 1. The van der Waals surface area contributed by atoms with Gasteiger partial charge in [0.2, 0.25) is 5.82 Å². The molecule has 0 aliphatic rings. The molecule has 0 spiro atoms. The molecule has 0 aliphatic heterocycles. The van der Waals surface area contributed by atoms with Crippen LogP contribution in [0.5, 0.6) is 0 Å². The molecule has 2 aromatic heterocycles. The summed E-state index contributed by atoms with van der Waals surface area (Å²) in [7, 11) is 1.72. The fourth-order valence-corrected chi connectivity index (χ4v) is 1.76. The molecule has 0 radical (unpaired) electrons. The Hall–Kier alpha value is -1.27. The van der Waals surface area contributed by atoms with Crippen LogP contribution in [0.15, 0.2) is 12.1 Å². The number of tetrazole rings is 1. The molecule has 0 saturated heterocycles. The van der Waals surface area contributed by atoms with Crippen LogP contribution in [0.4, 0.5) is 0 Å². The number of hydrogen-bond acceptors (Lipinski definition) is 5. The van der Waals surface area contributed by atoms with Crippen molar-refractivity contribution in [3.8, 4) is 10.7 Å². The minimum absolute atomic E-state index is 0.0604. The van der Waals surface area contributed by atoms with E-state index in [4.69, 9.17) is 5.11 Å². The van der Waals surface area contributed by atoms with E-state index in [1.165, 1.54) is 16.1 Å². The van der Waals surface area contributed by atoms with Crippen LogP contribution >= 0.6 is 11.3 Å². The van der Waals surface area contributed by atoms with E-state index in [2.05, 4.69) is 15.4 Å². The van der Waals surface area contributed by atoms with Gasteiger partial charge in [-0.1, -0.05) is 0 Å². The van der Waals surface area contributed by atoms with E-state index < -0.39 is 0 Å². The number of aromatic nitrogens is 4. The van der Waals surface area contributed by atoms with Crippen LogP contribution in [0, 0.1) is 0 Å². The SMILES string of the molecule is Cn1nnc(-c2ccc(CO)s2)n1. The molecule has 68 valence electrons. The van der Waals surface area contributed by atoms with Gasteiger partial charge >= 0.3 is 0 Å². The van der Waals surface area contributed by atoms with Crippen molar-refractivity contribution in [2.75, 3.05) is 0 Å². The van der Waals surface area contributed by atoms with Crippen molar-refractivity contribution in [1.82, 2.24) is 20.2 Å². The lowest BCUT2D eigenvalue weighted by molar-refractivity contribution is 0.285. The zero-order chi connectivity index (χ0) is 9.26. The molecule has 0 bridgehead atoms. The Morgan fingerprint density at radius 2 is 2.38 bits per heavy atom. The van der Waals surface area contributed by atoms with Crippen LogP contribution in [0.25, 0.3) is 10.7 Å². The third-order valence-corrected chi connectivity index (χ3v) is 2.61. The van der Waals surface area contributed by atoms with E-state index in [1.54, 1.807) is 7.05 Å². The van der Waals surface area contributed by atoms with Gasteiger partial charge in [-0.25, -0.2) is 0 Å². The highest BCUT2D eigenvalue weighted by molar-refractivity contribution is 7.15. The van der Waals surface area contributed by atoms with Gasteiger partial charge in [0.15, 0.2) is 0 Å². The van der Waals surface area contributed by atoms with Gasteiger partial charge in [-0.15, -0.1) is 21.5 Å². The van der Waals surface area contributed by atoms with E-state index >= 15 is 0 Å². The molecule has 1 N–H and O–H groups in total. The van der Waals surface area contributed by atoms with Crippen molar-refractivity contribution in [3.63, 3.8) is 0 Å². The average Bonchev–Trinajstić information content (AvgIpc) is 2.71. The molecule has 6 heteroatoms. The minimum atomic E-state index is 0.0604. The van der Waals surface area contributed by atoms with Crippen molar-refractivity contribution in [1.29, 1.82) is 0 Å². The second kappa shape index (κ2) is 3.23. The lowest BCUT2D eigenvalue weighted by Crippen LogP contribution is -1.91. The van der Waals surface area contributed by atoms with Gasteiger partial charge in [0.05, 0.1) is 18.5 Å². The van der Waals surface area contributed by atoms with Crippen LogP contribution in [0.3, 0.4) is 0 Å². The Kier molecular flexibility index (Phi) is 2.07. The van der Waals surface area contributed by atoms with E-state index in [0.717, 1.165) is 9.75 Å². The van der Waals surface area contributed by atoms with Crippen LogP contribution in [-0.4, -0.2) is 25.3 Å². The summed E-state index contributed by atoms with van der Waals surface area (Å²) < 4.78 is 0. The number of rotatable bonds is 2. The number of nitrogens with zero attached hydrogens (tertiary/aromatic N) is 4. The first-order valence-electron chi connectivity index (χ1n) is 3.73. The summed E-state index contributed by atoms with van der Waals surface area (Å²) in [4.78, 5) is 3.24. The predicted molar refractivity (Wildman–Crippen MR) is 48.0 cm³/mol.